The first-order chi connectivity index (χ1) is 6.54. The van der Waals surface area contributed by atoms with Crippen molar-refractivity contribution in [1.29, 1.82) is 0 Å². The summed E-state index contributed by atoms with van der Waals surface area (Å²) in [7, 11) is 0. The molecule has 1 rings (SSSR count). The van der Waals surface area contributed by atoms with Crippen molar-refractivity contribution in [2.24, 2.45) is 11.5 Å². The molecule has 0 aliphatic carbocycles. The average molecular weight is 204 g/mol. The standard InChI is InChI=1S/C4H8N2O3.C4H8O/c5-3(8)1-2(7)4(6)9;1-2-4-5-3-1/h2,7H,1H2,(H2,5,8)(H2,6,9);1-4H2. The second-order valence-corrected chi connectivity index (χ2v) is 2.91. The lowest BCUT2D eigenvalue weighted by Crippen LogP contribution is -2.32. The van der Waals surface area contributed by atoms with Crippen LogP contribution < -0.4 is 11.5 Å². The molecule has 0 saturated carbocycles. The Labute approximate surface area is 82.2 Å². The zero-order valence-electron chi connectivity index (χ0n) is 7.94. The van der Waals surface area contributed by atoms with Crippen molar-refractivity contribution < 1.29 is 19.4 Å². The van der Waals surface area contributed by atoms with Gasteiger partial charge in [0.15, 0.2) is 0 Å². The van der Waals surface area contributed by atoms with Crippen LogP contribution in [0, 0.1) is 0 Å². The average Bonchev–Trinajstić information content (AvgIpc) is 2.59. The summed E-state index contributed by atoms with van der Waals surface area (Å²) in [6.45, 7) is 2.00. The molecule has 1 heterocycles. The SMILES string of the molecule is C1CCOC1.NC(=O)CC(O)C(N)=O. The van der Waals surface area contributed by atoms with Crippen molar-refractivity contribution in [1.82, 2.24) is 0 Å². The highest BCUT2D eigenvalue weighted by molar-refractivity contribution is 5.85. The van der Waals surface area contributed by atoms with Crippen LogP contribution in [0.4, 0.5) is 0 Å². The van der Waals surface area contributed by atoms with E-state index in [0.717, 1.165) is 13.2 Å². The minimum absolute atomic E-state index is 0.407. The van der Waals surface area contributed by atoms with E-state index in [-0.39, 0.29) is 0 Å². The molecule has 1 atom stereocenters. The summed E-state index contributed by atoms with van der Waals surface area (Å²) >= 11 is 0. The van der Waals surface area contributed by atoms with Crippen LogP contribution in [0.15, 0.2) is 0 Å². The summed E-state index contributed by atoms with van der Waals surface area (Å²) < 4.78 is 4.94. The molecule has 0 bridgehead atoms. The number of rotatable bonds is 3. The van der Waals surface area contributed by atoms with Gasteiger partial charge in [0.1, 0.15) is 6.10 Å². The summed E-state index contributed by atoms with van der Waals surface area (Å²) in [5, 5.41) is 8.52. The number of carbonyl (C=O) groups excluding carboxylic acids is 2. The van der Waals surface area contributed by atoms with Crippen molar-refractivity contribution >= 4 is 11.8 Å². The number of amides is 2. The van der Waals surface area contributed by atoms with Gasteiger partial charge < -0.3 is 21.3 Å². The molecule has 5 N–H and O–H groups in total. The molecule has 2 amide bonds. The zero-order valence-corrected chi connectivity index (χ0v) is 7.94. The van der Waals surface area contributed by atoms with Gasteiger partial charge in [0, 0.05) is 13.2 Å². The third-order valence-corrected chi connectivity index (χ3v) is 1.55. The first-order valence-corrected chi connectivity index (χ1v) is 4.37. The Kier molecular flexibility index (Phi) is 6.69. The van der Waals surface area contributed by atoms with Crippen LogP contribution in [0.3, 0.4) is 0 Å². The number of carbonyl (C=O) groups is 2. The topological polar surface area (TPSA) is 116 Å². The van der Waals surface area contributed by atoms with Gasteiger partial charge >= 0.3 is 0 Å². The van der Waals surface area contributed by atoms with Gasteiger partial charge in [-0.15, -0.1) is 0 Å². The van der Waals surface area contributed by atoms with E-state index in [2.05, 4.69) is 11.5 Å². The molecule has 0 aromatic carbocycles. The molecule has 0 radical (unpaired) electrons. The van der Waals surface area contributed by atoms with Gasteiger partial charge in [-0.2, -0.15) is 0 Å². The first kappa shape index (κ1) is 12.9. The Morgan fingerprint density at radius 1 is 1.29 bits per heavy atom. The number of hydrogen-bond donors (Lipinski definition) is 3. The highest BCUT2D eigenvalue weighted by Gasteiger charge is 2.12. The quantitative estimate of drug-likeness (QED) is 0.519. The summed E-state index contributed by atoms with van der Waals surface area (Å²) in [4.78, 5) is 20.0. The zero-order chi connectivity index (χ0) is 11.0. The summed E-state index contributed by atoms with van der Waals surface area (Å²) in [6.07, 6.45) is 0.706. The summed E-state index contributed by atoms with van der Waals surface area (Å²) in [6, 6.07) is 0. The smallest absolute Gasteiger partial charge is 0.246 e. The van der Waals surface area contributed by atoms with Crippen LogP contribution in [0.5, 0.6) is 0 Å². The molecular weight excluding hydrogens is 188 g/mol. The lowest BCUT2D eigenvalue weighted by atomic mass is 10.2. The van der Waals surface area contributed by atoms with E-state index in [9.17, 15) is 9.59 Å². The largest absolute Gasteiger partial charge is 0.383 e. The molecule has 1 aliphatic heterocycles. The van der Waals surface area contributed by atoms with Crippen molar-refractivity contribution in [3.8, 4) is 0 Å². The van der Waals surface area contributed by atoms with Crippen molar-refractivity contribution in [2.45, 2.75) is 25.4 Å². The fourth-order valence-corrected chi connectivity index (χ4v) is 0.801. The van der Waals surface area contributed by atoms with E-state index in [1.165, 1.54) is 12.8 Å². The van der Waals surface area contributed by atoms with Gasteiger partial charge in [-0.3, -0.25) is 9.59 Å². The maximum absolute atomic E-state index is 10.00. The van der Waals surface area contributed by atoms with Gasteiger partial charge in [-0.1, -0.05) is 0 Å². The van der Waals surface area contributed by atoms with E-state index in [4.69, 9.17) is 9.84 Å². The molecule has 1 saturated heterocycles. The Morgan fingerprint density at radius 2 is 1.79 bits per heavy atom. The van der Waals surface area contributed by atoms with Crippen molar-refractivity contribution in [3.63, 3.8) is 0 Å². The minimum atomic E-state index is -1.44. The number of nitrogens with two attached hydrogens (primary N) is 2. The van der Waals surface area contributed by atoms with Crippen LogP contribution in [-0.4, -0.2) is 36.2 Å². The molecule has 0 aromatic rings. The molecule has 0 aromatic heterocycles. The molecule has 1 unspecified atom stereocenters. The molecule has 1 fully saturated rings. The van der Waals surface area contributed by atoms with Crippen molar-refractivity contribution in [2.75, 3.05) is 13.2 Å². The maximum Gasteiger partial charge on any atom is 0.246 e. The monoisotopic (exact) mass is 204 g/mol. The summed E-state index contributed by atoms with van der Waals surface area (Å²) in [5.41, 5.74) is 9.21. The van der Waals surface area contributed by atoms with Crippen LogP contribution in [0.1, 0.15) is 19.3 Å². The lowest BCUT2D eigenvalue weighted by Gasteiger charge is -2.00. The van der Waals surface area contributed by atoms with Gasteiger partial charge in [-0.05, 0) is 12.8 Å². The molecular formula is C8H16N2O4. The Balaban J connectivity index is 0.000000280. The minimum Gasteiger partial charge on any atom is -0.383 e. The lowest BCUT2D eigenvalue weighted by molar-refractivity contribution is -0.131. The van der Waals surface area contributed by atoms with Crippen LogP contribution in [0.25, 0.3) is 0 Å². The van der Waals surface area contributed by atoms with Gasteiger partial charge in [-0.25, -0.2) is 0 Å². The van der Waals surface area contributed by atoms with Gasteiger partial charge in [0.25, 0.3) is 0 Å². The van der Waals surface area contributed by atoms with Crippen molar-refractivity contribution in [3.05, 3.63) is 0 Å². The van der Waals surface area contributed by atoms with E-state index in [1.807, 2.05) is 0 Å². The third-order valence-electron chi connectivity index (χ3n) is 1.55. The summed E-state index contributed by atoms with van der Waals surface area (Å²) in [5.74, 6) is -1.69. The normalized spacial score (nSPS) is 16.6. The molecule has 14 heavy (non-hydrogen) atoms. The van der Waals surface area contributed by atoms with Gasteiger partial charge in [0.2, 0.25) is 11.8 Å². The Morgan fingerprint density at radius 3 is 1.93 bits per heavy atom. The molecule has 1 aliphatic rings. The molecule has 6 heteroatoms. The number of hydrogen-bond acceptors (Lipinski definition) is 4. The maximum atomic E-state index is 10.00. The number of ether oxygens (including phenoxy) is 1. The highest BCUT2D eigenvalue weighted by Crippen LogP contribution is 1.98. The molecule has 82 valence electrons. The predicted molar refractivity (Wildman–Crippen MR) is 49.1 cm³/mol. The van der Waals surface area contributed by atoms with E-state index in [1.54, 1.807) is 0 Å². The van der Waals surface area contributed by atoms with E-state index >= 15 is 0 Å². The fraction of sp³-hybridized carbons (Fsp3) is 0.750. The van der Waals surface area contributed by atoms with Crippen LogP contribution >= 0.6 is 0 Å². The second kappa shape index (κ2) is 7.28. The second-order valence-electron chi connectivity index (χ2n) is 2.91. The third kappa shape index (κ3) is 7.51. The fourth-order valence-electron chi connectivity index (χ4n) is 0.801. The number of aliphatic hydroxyl groups is 1. The first-order valence-electron chi connectivity index (χ1n) is 4.37. The van der Waals surface area contributed by atoms with Gasteiger partial charge in [0.05, 0.1) is 6.42 Å². The molecule has 0 spiro atoms. The van der Waals surface area contributed by atoms with E-state index in [0.29, 0.717) is 0 Å². The molecule has 6 nitrogen and oxygen atoms in total. The van der Waals surface area contributed by atoms with Crippen LogP contribution in [-0.2, 0) is 14.3 Å². The highest BCUT2D eigenvalue weighted by atomic mass is 16.5. The van der Waals surface area contributed by atoms with Crippen LogP contribution in [0.2, 0.25) is 0 Å². The Hall–Kier alpha value is -1.14. The number of primary amides is 2. The number of aliphatic hydroxyl groups excluding tert-OH is 1. The van der Waals surface area contributed by atoms with E-state index < -0.39 is 24.3 Å². The Bertz CT molecular complexity index is 184. The predicted octanol–water partition coefficient (Wildman–Crippen LogP) is -1.50.